The van der Waals surface area contributed by atoms with E-state index >= 15 is 0 Å². The molecule has 0 aliphatic rings. The molecule has 0 unspecified atom stereocenters. The van der Waals surface area contributed by atoms with E-state index in [2.05, 4.69) is 10.6 Å². The van der Waals surface area contributed by atoms with Crippen LogP contribution in [-0.2, 0) is 4.74 Å². The number of ether oxygens (including phenoxy) is 2. The number of para-hydroxylation sites is 1. The van der Waals surface area contributed by atoms with E-state index in [9.17, 15) is 4.79 Å². The predicted molar refractivity (Wildman–Crippen MR) is 90.5 cm³/mol. The zero-order chi connectivity index (χ0) is 15.9. The minimum Gasteiger partial charge on any atom is -0.474 e. The number of anilines is 2. The molecule has 0 spiro atoms. The predicted octanol–water partition coefficient (Wildman–Crippen LogP) is 3.95. The third kappa shape index (κ3) is 4.46. The summed E-state index contributed by atoms with van der Waals surface area (Å²) in [6, 6.07) is 14.3. The molecule has 0 aliphatic carbocycles. The van der Waals surface area contributed by atoms with E-state index in [1.807, 2.05) is 31.2 Å². The Labute approximate surface area is 134 Å². The van der Waals surface area contributed by atoms with Gasteiger partial charge in [-0.05, 0) is 42.9 Å². The zero-order valence-corrected chi connectivity index (χ0v) is 13.1. The molecule has 0 heterocycles. The van der Waals surface area contributed by atoms with Crippen molar-refractivity contribution in [2.45, 2.75) is 6.92 Å². The van der Waals surface area contributed by atoms with Crippen LogP contribution in [0.1, 0.15) is 5.56 Å². The summed E-state index contributed by atoms with van der Waals surface area (Å²) >= 11 is 4.92. The first-order valence-electron chi connectivity index (χ1n) is 6.58. The monoisotopic (exact) mass is 316 g/mol. The largest absolute Gasteiger partial charge is 0.474 e. The van der Waals surface area contributed by atoms with E-state index in [1.54, 1.807) is 24.3 Å². The fourth-order valence-corrected chi connectivity index (χ4v) is 1.88. The van der Waals surface area contributed by atoms with E-state index in [0.29, 0.717) is 17.1 Å². The smallest absolute Gasteiger partial charge is 0.417 e. The molecular formula is C16H16N2O3S. The van der Waals surface area contributed by atoms with Gasteiger partial charge in [-0.2, -0.15) is 0 Å². The molecule has 2 aromatic carbocycles. The standard InChI is InChI=1S/C16H16N2O3S/c1-11-6-3-4-9-14(11)18-15(19)21-13-8-5-7-12(10-13)17-16(22)20-2/h3-10H,1-2H3,(H,17,22)(H,18,19). The second kappa shape index (κ2) is 7.42. The summed E-state index contributed by atoms with van der Waals surface area (Å²) in [6.07, 6.45) is -0.555. The van der Waals surface area contributed by atoms with Gasteiger partial charge < -0.3 is 14.8 Å². The van der Waals surface area contributed by atoms with Crippen LogP contribution in [0, 0.1) is 6.92 Å². The van der Waals surface area contributed by atoms with Crippen LogP contribution in [0.2, 0.25) is 0 Å². The van der Waals surface area contributed by atoms with Gasteiger partial charge in [-0.3, -0.25) is 5.32 Å². The lowest BCUT2D eigenvalue weighted by atomic mass is 10.2. The quantitative estimate of drug-likeness (QED) is 0.840. The lowest BCUT2D eigenvalue weighted by Crippen LogP contribution is -2.17. The van der Waals surface area contributed by atoms with Crippen LogP contribution in [0.5, 0.6) is 5.75 Å². The minimum absolute atomic E-state index is 0.238. The van der Waals surface area contributed by atoms with Crippen molar-refractivity contribution in [3.8, 4) is 5.75 Å². The van der Waals surface area contributed by atoms with Gasteiger partial charge in [0.15, 0.2) is 0 Å². The van der Waals surface area contributed by atoms with E-state index in [4.69, 9.17) is 21.7 Å². The third-order valence-electron chi connectivity index (χ3n) is 2.86. The Morgan fingerprint density at radius 2 is 1.86 bits per heavy atom. The molecule has 0 aromatic heterocycles. The molecule has 6 heteroatoms. The first-order chi connectivity index (χ1) is 10.6. The Bertz CT molecular complexity index is 689. The first-order valence-corrected chi connectivity index (χ1v) is 6.99. The second-order valence-corrected chi connectivity index (χ2v) is 4.84. The molecular weight excluding hydrogens is 300 g/mol. The van der Waals surface area contributed by atoms with Crippen LogP contribution in [0.3, 0.4) is 0 Å². The maximum Gasteiger partial charge on any atom is 0.417 e. The van der Waals surface area contributed by atoms with E-state index in [-0.39, 0.29) is 5.17 Å². The number of rotatable bonds is 3. The minimum atomic E-state index is -0.555. The Kier molecular flexibility index (Phi) is 5.32. The molecule has 0 atom stereocenters. The van der Waals surface area contributed by atoms with Gasteiger partial charge in [0.25, 0.3) is 5.17 Å². The van der Waals surface area contributed by atoms with E-state index in [1.165, 1.54) is 7.11 Å². The van der Waals surface area contributed by atoms with Crippen LogP contribution in [0.15, 0.2) is 48.5 Å². The van der Waals surface area contributed by atoms with Crippen molar-refractivity contribution < 1.29 is 14.3 Å². The number of carbonyl (C=O) groups excluding carboxylic acids is 1. The number of nitrogens with one attached hydrogen (secondary N) is 2. The van der Waals surface area contributed by atoms with Crippen LogP contribution in [0.25, 0.3) is 0 Å². The number of carbonyl (C=O) groups is 1. The highest BCUT2D eigenvalue weighted by Crippen LogP contribution is 2.19. The molecule has 2 N–H and O–H groups in total. The highest BCUT2D eigenvalue weighted by Gasteiger charge is 2.07. The molecule has 0 bridgehead atoms. The lowest BCUT2D eigenvalue weighted by Gasteiger charge is -2.10. The van der Waals surface area contributed by atoms with Gasteiger partial charge >= 0.3 is 6.09 Å². The molecule has 0 saturated carbocycles. The summed E-state index contributed by atoms with van der Waals surface area (Å²) in [7, 11) is 1.48. The van der Waals surface area contributed by atoms with Crippen LogP contribution >= 0.6 is 12.2 Å². The highest BCUT2D eigenvalue weighted by molar-refractivity contribution is 7.80. The fraction of sp³-hybridized carbons (Fsp3) is 0.125. The van der Waals surface area contributed by atoms with Crippen LogP contribution in [0.4, 0.5) is 16.2 Å². The average Bonchev–Trinajstić information content (AvgIpc) is 2.50. The van der Waals surface area contributed by atoms with Crippen molar-refractivity contribution in [3.05, 3.63) is 54.1 Å². The van der Waals surface area contributed by atoms with Gasteiger partial charge in [-0.15, -0.1) is 0 Å². The number of aryl methyl sites for hydroxylation is 1. The van der Waals surface area contributed by atoms with Gasteiger partial charge in [0, 0.05) is 17.4 Å². The molecule has 2 rings (SSSR count). The maximum absolute atomic E-state index is 11.9. The van der Waals surface area contributed by atoms with Gasteiger partial charge in [-0.1, -0.05) is 24.3 Å². The molecule has 1 amide bonds. The summed E-state index contributed by atoms with van der Waals surface area (Å²) in [6.45, 7) is 1.91. The van der Waals surface area contributed by atoms with Crippen molar-refractivity contribution in [3.63, 3.8) is 0 Å². The SMILES string of the molecule is COC(=S)Nc1cccc(OC(=O)Nc2ccccc2C)c1. The summed E-state index contributed by atoms with van der Waals surface area (Å²) in [5, 5.41) is 5.80. The van der Waals surface area contributed by atoms with Crippen molar-refractivity contribution in [2.24, 2.45) is 0 Å². The van der Waals surface area contributed by atoms with Gasteiger partial charge in [-0.25, -0.2) is 4.79 Å². The lowest BCUT2D eigenvalue weighted by molar-refractivity contribution is 0.215. The normalized spacial score (nSPS) is 9.73. The maximum atomic E-state index is 11.9. The van der Waals surface area contributed by atoms with Crippen LogP contribution < -0.4 is 15.4 Å². The van der Waals surface area contributed by atoms with Crippen LogP contribution in [-0.4, -0.2) is 18.4 Å². The zero-order valence-electron chi connectivity index (χ0n) is 12.3. The molecule has 5 nitrogen and oxygen atoms in total. The first kappa shape index (κ1) is 15.8. The van der Waals surface area contributed by atoms with Crippen molar-refractivity contribution >= 4 is 34.9 Å². The summed E-state index contributed by atoms with van der Waals surface area (Å²) in [5.41, 5.74) is 2.34. The van der Waals surface area contributed by atoms with Gasteiger partial charge in [0.2, 0.25) is 0 Å². The van der Waals surface area contributed by atoms with Crippen molar-refractivity contribution in [1.82, 2.24) is 0 Å². The second-order valence-electron chi connectivity index (χ2n) is 4.47. The molecule has 2 aromatic rings. The Morgan fingerprint density at radius 1 is 1.09 bits per heavy atom. The molecule has 22 heavy (non-hydrogen) atoms. The van der Waals surface area contributed by atoms with Crippen molar-refractivity contribution in [2.75, 3.05) is 17.7 Å². The van der Waals surface area contributed by atoms with E-state index in [0.717, 1.165) is 5.56 Å². The van der Waals surface area contributed by atoms with Crippen molar-refractivity contribution in [1.29, 1.82) is 0 Å². The summed E-state index contributed by atoms with van der Waals surface area (Å²) < 4.78 is 10.1. The number of hydrogen-bond donors (Lipinski definition) is 2. The Morgan fingerprint density at radius 3 is 2.59 bits per heavy atom. The number of thiocarbonyl (C=S) groups is 1. The number of amides is 1. The van der Waals surface area contributed by atoms with Gasteiger partial charge in [0.1, 0.15) is 5.75 Å². The molecule has 0 fully saturated rings. The highest BCUT2D eigenvalue weighted by atomic mass is 32.1. The number of benzene rings is 2. The Hall–Kier alpha value is -2.60. The van der Waals surface area contributed by atoms with Gasteiger partial charge in [0.05, 0.1) is 7.11 Å². The van der Waals surface area contributed by atoms with E-state index < -0.39 is 6.09 Å². The fourth-order valence-electron chi connectivity index (χ4n) is 1.76. The Balaban J connectivity index is 2.01. The molecule has 0 saturated heterocycles. The summed E-state index contributed by atoms with van der Waals surface area (Å²) in [4.78, 5) is 11.9. The molecule has 114 valence electrons. The molecule has 0 aliphatic heterocycles. The molecule has 0 radical (unpaired) electrons. The summed E-state index contributed by atoms with van der Waals surface area (Å²) in [5.74, 6) is 0.398. The number of methoxy groups -OCH3 is 1. The number of hydrogen-bond acceptors (Lipinski definition) is 4. The third-order valence-corrected chi connectivity index (χ3v) is 3.13. The average molecular weight is 316 g/mol. The topological polar surface area (TPSA) is 59.6 Å².